The first-order valence-electron chi connectivity index (χ1n) is 5.52. The van der Waals surface area contributed by atoms with E-state index < -0.39 is 50.1 Å². The number of carboxylic acid groups (broad SMARTS) is 4. The summed E-state index contributed by atoms with van der Waals surface area (Å²) in [5, 5.41) is 34.5. The molecule has 6 N–H and O–H groups in total. The molecule has 0 amide bonds. The third kappa shape index (κ3) is 19.2. The van der Waals surface area contributed by atoms with E-state index in [-0.39, 0.29) is 66.6 Å². The van der Waals surface area contributed by atoms with Gasteiger partial charge in [-0.1, -0.05) is 0 Å². The van der Waals surface area contributed by atoms with E-state index in [0.29, 0.717) is 0 Å². The molecular weight excluding hydrogens is 371 g/mol. The second kappa shape index (κ2) is 16.1. The molecule has 0 radical (unpaired) electrons. The number of carbonyl (C=O) groups is 4. The van der Waals surface area contributed by atoms with Crippen LogP contribution < -0.4 is 29.6 Å². The average Bonchev–Trinajstić information content (AvgIpc) is 2.22. The third-order valence-electron chi connectivity index (χ3n) is 2.17. The summed E-state index contributed by atoms with van der Waals surface area (Å²) in [6, 6.07) is 0. The standard InChI is InChI=1S/C10H16N2O8.Fe.Na.H2O.H/c13-7(14)3-11(4-8(15)16)1-2-12(5-9(17)18)6-10(19)20;;;;/h1-6H2,(H,13,14)(H,15,16)(H,17,18)(H,19,20);;;1H2;/q;;+1;;-1. The van der Waals surface area contributed by atoms with Gasteiger partial charge in [0, 0.05) is 30.2 Å². The summed E-state index contributed by atoms with van der Waals surface area (Å²) in [5.41, 5.74) is 0. The largest absolute Gasteiger partial charge is 1.00 e. The Hall–Kier alpha value is -0.721. The molecule has 0 saturated heterocycles. The zero-order chi connectivity index (χ0) is 15.7. The fourth-order valence-corrected chi connectivity index (χ4v) is 1.48. The number of hydrogen-bond acceptors (Lipinski definition) is 6. The van der Waals surface area contributed by atoms with Crippen molar-refractivity contribution < 1.29 is 93.1 Å². The van der Waals surface area contributed by atoms with Crippen LogP contribution in [0.4, 0.5) is 0 Å². The van der Waals surface area contributed by atoms with Crippen LogP contribution >= 0.6 is 0 Å². The molecule has 23 heavy (non-hydrogen) atoms. The number of rotatable bonds is 11. The monoisotopic (exact) mass is 390 g/mol. The van der Waals surface area contributed by atoms with Gasteiger partial charge in [-0.15, -0.1) is 0 Å². The minimum atomic E-state index is -1.23. The van der Waals surface area contributed by atoms with Gasteiger partial charge in [0.05, 0.1) is 26.2 Å². The number of nitrogens with zero attached hydrogens (tertiary/aromatic N) is 2. The van der Waals surface area contributed by atoms with Gasteiger partial charge >= 0.3 is 53.4 Å². The van der Waals surface area contributed by atoms with Crippen LogP contribution in [0.2, 0.25) is 0 Å². The Kier molecular flexibility index (Phi) is 21.2. The van der Waals surface area contributed by atoms with Crippen molar-refractivity contribution in [2.45, 2.75) is 0 Å². The van der Waals surface area contributed by atoms with Crippen LogP contribution in [0.1, 0.15) is 1.43 Å². The Morgan fingerprint density at radius 3 is 0.957 bits per heavy atom. The van der Waals surface area contributed by atoms with Crippen LogP contribution in [-0.4, -0.2) is 98.8 Å². The fraction of sp³-hybridized carbons (Fsp3) is 0.600. The molecule has 0 spiro atoms. The van der Waals surface area contributed by atoms with Gasteiger partial charge in [0.15, 0.2) is 0 Å². The molecule has 0 aliphatic rings. The van der Waals surface area contributed by atoms with E-state index in [2.05, 4.69) is 0 Å². The molecule has 0 bridgehead atoms. The van der Waals surface area contributed by atoms with E-state index in [4.69, 9.17) is 20.4 Å². The van der Waals surface area contributed by atoms with E-state index in [1.54, 1.807) is 0 Å². The predicted molar refractivity (Wildman–Crippen MR) is 68.1 cm³/mol. The minimum absolute atomic E-state index is 0. The Morgan fingerprint density at radius 2 is 0.826 bits per heavy atom. The summed E-state index contributed by atoms with van der Waals surface area (Å²) in [6.07, 6.45) is 0. The summed E-state index contributed by atoms with van der Waals surface area (Å²) in [4.78, 5) is 44.4. The summed E-state index contributed by atoms with van der Waals surface area (Å²) < 4.78 is 0. The first-order chi connectivity index (χ1) is 9.20. The van der Waals surface area contributed by atoms with Gasteiger partial charge in [0.25, 0.3) is 0 Å². The molecule has 0 aliphatic heterocycles. The van der Waals surface area contributed by atoms with Gasteiger partial charge < -0.3 is 27.3 Å². The molecule has 0 heterocycles. The molecule has 0 aliphatic carbocycles. The van der Waals surface area contributed by atoms with Gasteiger partial charge in [-0.25, -0.2) is 0 Å². The van der Waals surface area contributed by atoms with E-state index in [1.807, 2.05) is 0 Å². The molecule has 11 nitrogen and oxygen atoms in total. The smallest absolute Gasteiger partial charge is 1.00 e. The Balaban J connectivity index is -0.000000301. The molecule has 0 fully saturated rings. The Bertz CT molecular complexity index is 335. The molecular formula is C10H19FeN2NaO9. The van der Waals surface area contributed by atoms with Gasteiger partial charge in [-0.2, -0.15) is 0 Å². The van der Waals surface area contributed by atoms with Crippen LogP contribution in [0, 0.1) is 0 Å². The molecule has 0 rings (SSSR count). The Morgan fingerprint density at radius 1 is 0.652 bits per heavy atom. The van der Waals surface area contributed by atoms with E-state index in [1.165, 1.54) is 0 Å². The van der Waals surface area contributed by atoms with Crippen LogP contribution in [-0.2, 0) is 36.2 Å². The van der Waals surface area contributed by atoms with Gasteiger partial charge in [0.2, 0.25) is 0 Å². The van der Waals surface area contributed by atoms with Crippen LogP contribution in [0.5, 0.6) is 0 Å². The van der Waals surface area contributed by atoms with Crippen LogP contribution in [0.3, 0.4) is 0 Å². The van der Waals surface area contributed by atoms with Crippen LogP contribution in [0.25, 0.3) is 0 Å². The molecule has 132 valence electrons. The minimum Gasteiger partial charge on any atom is -1.00 e. The summed E-state index contributed by atoms with van der Waals surface area (Å²) in [5.74, 6) is -4.91. The average molecular weight is 390 g/mol. The van der Waals surface area contributed by atoms with E-state index in [0.717, 1.165) is 9.80 Å². The van der Waals surface area contributed by atoms with Crippen molar-refractivity contribution in [2.24, 2.45) is 0 Å². The number of carboxylic acids is 4. The van der Waals surface area contributed by atoms with Crippen molar-refractivity contribution in [1.29, 1.82) is 0 Å². The maximum absolute atomic E-state index is 10.6. The fourth-order valence-electron chi connectivity index (χ4n) is 1.48. The van der Waals surface area contributed by atoms with Gasteiger partial charge in [-0.3, -0.25) is 29.0 Å². The van der Waals surface area contributed by atoms with Crippen molar-refractivity contribution in [3.63, 3.8) is 0 Å². The van der Waals surface area contributed by atoms with Crippen molar-refractivity contribution >= 4 is 23.9 Å². The molecule has 0 saturated carbocycles. The van der Waals surface area contributed by atoms with Crippen molar-refractivity contribution in [1.82, 2.24) is 9.80 Å². The molecule has 0 aromatic carbocycles. The SMILES string of the molecule is O.O=C(O)CN(CCN(CC(=O)O)CC(=O)O)CC(=O)O.[Fe].[H-].[Na+]. The normalized spacial score (nSPS) is 9.30. The number of hydrogen-bond donors (Lipinski definition) is 4. The zero-order valence-corrected chi connectivity index (χ0v) is 15.5. The Labute approximate surface area is 165 Å². The second-order valence-electron chi connectivity index (χ2n) is 4.00. The van der Waals surface area contributed by atoms with Crippen LogP contribution in [0.15, 0.2) is 0 Å². The van der Waals surface area contributed by atoms with Crippen molar-refractivity contribution in [3.8, 4) is 0 Å². The van der Waals surface area contributed by atoms with E-state index >= 15 is 0 Å². The molecule has 0 atom stereocenters. The second-order valence-corrected chi connectivity index (χ2v) is 4.00. The summed E-state index contributed by atoms with van der Waals surface area (Å²) >= 11 is 0. The van der Waals surface area contributed by atoms with E-state index in [9.17, 15) is 19.2 Å². The molecule has 0 aromatic rings. The summed E-state index contributed by atoms with van der Waals surface area (Å²) in [6.45, 7) is -2.25. The van der Waals surface area contributed by atoms with Gasteiger partial charge in [0.1, 0.15) is 0 Å². The van der Waals surface area contributed by atoms with Crippen molar-refractivity contribution in [2.75, 3.05) is 39.3 Å². The van der Waals surface area contributed by atoms with Gasteiger partial charge in [-0.05, 0) is 0 Å². The first kappa shape index (κ1) is 30.2. The molecule has 0 aromatic heterocycles. The molecule has 13 heteroatoms. The number of aliphatic carboxylic acids is 4. The quantitative estimate of drug-likeness (QED) is 0.248. The first-order valence-corrected chi connectivity index (χ1v) is 5.52. The topological polar surface area (TPSA) is 187 Å². The maximum atomic E-state index is 10.6. The predicted octanol–water partition coefficient (Wildman–Crippen LogP) is -5.78. The summed E-state index contributed by atoms with van der Waals surface area (Å²) in [7, 11) is 0. The third-order valence-corrected chi connectivity index (χ3v) is 2.17. The van der Waals surface area contributed by atoms with Crippen molar-refractivity contribution in [3.05, 3.63) is 0 Å². The maximum Gasteiger partial charge on any atom is 1.00 e. The molecule has 0 unspecified atom stereocenters. The zero-order valence-electron chi connectivity index (χ0n) is 13.4.